The highest BCUT2D eigenvalue weighted by Crippen LogP contribution is 2.12. The fraction of sp³-hybridized carbons (Fsp3) is 0.923. The van der Waals surface area contributed by atoms with Gasteiger partial charge in [0.2, 0.25) is 5.91 Å². The van der Waals surface area contributed by atoms with Gasteiger partial charge >= 0.3 is 0 Å². The van der Waals surface area contributed by atoms with Gasteiger partial charge in [-0.3, -0.25) is 4.79 Å². The Hall–Kier alpha value is -0.660. The molecule has 2 N–H and O–H groups in total. The third-order valence-corrected chi connectivity index (χ3v) is 4.75. The van der Waals surface area contributed by atoms with Crippen LogP contribution in [-0.4, -0.2) is 75.4 Å². The molecule has 1 fully saturated rings. The van der Waals surface area contributed by atoms with Crippen molar-refractivity contribution < 1.29 is 13.2 Å². The number of carbonyl (C=O) groups excluding carboxylic acids is 1. The average Bonchev–Trinajstić information content (AvgIpc) is 2.42. The standard InChI is InChI=1S/C13H27N3O3S/c1-15(8-9-20(2,18)19)12(11-14)10-13(17)16-6-4-3-5-7-16/h12H,3-11,14H2,1-2H3. The van der Waals surface area contributed by atoms with Gasteiger partial charge in [-0.1, -0.05) is 0 Å². The molecule has 1 heterocycles. The first-order valence-corrected chi connectivity index (χ1v) is 9.25. The van der Waals surface area contributed by atoms with Crippen molar-refractivity contribution in [1.82, 2.24) is 9.80 Å². The van der Waals surface area contributed by atoms with E-state index in [0.29, 0.717) is 19.5 Å². The van der Waals surface area contributed by atoms with E-state index in [4.69, 9.17) is 5.73 Å². The molecule has 0 radical (unpaired) electrons. The number of likely N-dealkylation sites (tertiary alicyclic amines) is 1. The second-order valence-electron chi connectivity index (χ2n) is 5.65. The number of likely N-dealkylation sites (N-methyl/N-ethyl adjacent to an activating group) is 1. The maximum absolute atomic E-state index is 12.2. The quantitative estimate of drug-likeness (QED) is 0.698. The number of carbonyl (C=O) groups is 1. The molecule has 20 heavy (non-hydrogen) atoms. The number of piperidine rings is 1. The zero-order valence-electron chi connectivity index (χ0n) is 12.5. The van der Waals surface area contributed by atoms with Gasteiger partial charge in [0.25, 0.3) is 0 Å². The lowest BCUT2D eigenvalue weighted by Gasteiger charge is -2.31. The summed E-state index contributed by atoms with van der Waals surface area (Å²) in [6.07, 6.45) is 4.93. The first-order valence-electron chi connectivity index (χ1n) is 7.19. The Balaban J connectivity index is 2.46. The van der Waals surface area contributed by atoms with Gasteiger partial charge in [0, 0.05) is 44.9 Å². The van der Waals surface area contributed by atoms with E-state index in [-0.39, 0.29) is 17.7 Å². The molecule has 0 bridgehead atoms. The molecular formula is C13H27N3O3S. The zero-order valence-corrected chi connectivity index (χ0v) is 13.4. The molecule has 0 aliphatic carbocycles. The minimum absolute atomic E-state index is 0.0915. The molecule has 1 aliphatic rings. The molecule has 0 aromatic rings. The Morgan fingerprint density at radius 2 is 1.90 bits per heavy atom. The van der Waals surface area contributed by atoms with Crippen LogP contribution >= 0.6 is 0 Å². The SMILES string of the molecule is CN(CCS(C)(=O)=O)C(CN)CC(=O)N1CCCCC1. The van der Waals surface area contributed by atoms with Gasteiger partial charge < -0.3 is 15.5 Å². The van der Waals surface area contributed by atoms with Gasteiger partial charge in [-0.2, -0.15) is 0 Å². The third-order valence-electron chi connectivity index (χ3n) is 3.83. The summed E-state index contributed by atoms with van der Waals surface area (Å²) in [5.41, 5.74) is 5.73. The molecule has 0 aromatic carbocycles. The maximum Gasteiger partial charge on any atom is 0.224 e. The minimum atomic E-state index is -2.99. The van der Waals surface area contributed by atoms with Crippen molar-refractivity contribution in [2.45, 2.75) is 31.7 Å². The highest BCUT2D eigenvalue weighted by molar-refractivity contribution is 7.90. The first-order chi connectivity index (χ1) is 9.33. The van der Waals surface area contributed by atoms with E-state index in [1.165, 1.54) is 12.7 Å². The molecule has 1 rings (SSSR count). The minimum Gasteiger partial charge on any atom is -0.343 e. The van der Waals surface area contributed by atoms with Crippen molar-refractivity contribution in [2.75, 3.05) is 45.2 Å². The van der Waals surface area contributed by atoms with Gasteiger partial charge in [-0.15, -0.1) is 0 Å². The van der Waals surface area contributed by atoms with E-state index >= 15 is 0 Å². The number of nitrogens with two attached hydrogens (primary N) is 1. The van der Waals surface area contributed by atoms with E-state index in [0.717, 1.165) is 25.9 Å². The summed E-state index contributed by atoms with van der Waals surface area (Å²) in [6.45, 7) is 2.44. The Bertz CT molecular complexity index is 405. The number of hydrogen-bond donors (Lipinski definition) is 1. The first kappa shape index (κ1) is 17.4. The number of rotatable bonds is 7. The molecule has 0 spiro atoms. The average molecular weight is 305 g/mol. The predicted octanol–water partition coefficient (Wildman–Crippen LogP) is -0.307. The van der Waals surface area contributed by atoms with Gasteiger partial charge in [0.05, 0.1) is 5.75 Å². The smallest absolute Gasteiger partial charge is 0.224 e. The van der Waals surface area contributed by atoms with Crippen LogP contribution in [0.5, 0.6) is 0 Å². The Morgan fingerprint density at radius 3 is 2.40 bits per heavy atom. The Kier molecular flexibility index (Phi) is 6.91. The summed E-state index contributed by atoms with van der Waals surface area (Å²) in [5.74, 6) is 0.226. The van der Waals surface area contributed by atoms with E-state index in [1.54, 1.807) is 0 Å². The zero-order chi connectivity index (χ0) is 15.2. The maximum atomic E-state index is 12.2. The topological polar surface area (TPSA) is 83.7 Å². The number of hydrogen-bond acceptors (Lipinski definition) is 5. The second kappa shape index (κ2) is 7.95. The van der Waals surface area contributed by atoms with Crippen molar-refractivity contribution >= 4 is 15.7 Å². The van der Waals surface area contributed by atoms with Gasteiger partial charge in [0.15, 0.2) is 0 Å². The van der Waals surface area contributed by atoms with Gasteiger partial charge in [-0.05, 0) is 26.3 Å². The van der Waals surface area contributed by atoms with E-state index in [9.17, 15) is 13.2 Å². The highest BCUT2D eigenvalue weighted by Gasteiger charge is 2.22. The van der Waals surface area contributed by atoms with Crippen LogP contribution < -0.4 is 5.73 Å². The number of sulfone groups is 1. The van der Waals surface area contributed by atoms with Crippen LogP contribution in [0.2, 0.25) is 0 Å². The lowest BCUT2D eigenvalue weighted by Crippen LogP contribution is -2.45. The molecule has 0 aromatic heterocycles. The van der Waals surface area contributed by atoms with Crippen LogP contribution in [0.15, 0.2) is 0 Å². The molecule has 7 heteroatoms. The van der Waals surface area contributed by atoms with Crippen molar-refractivity contribution in [3.8, 4) is 0 Å². The van der Waals surface area contributed by atoms with Crippen molar-refractivity contribution in [1.29, 1.82) is 0 Å². The molecule has 1 amide bonds. The monoisotopic (exact) mass is 305 g/mol. The van der Waals surface area contributed by atoms with Crippen LogP contribution in [0, 0.1) is 0 Å². The summed E-state index contributed by atoms with van der Waals surface area (Å²) in [5, 5.41) is 0. The summed E-state index contributed by atoms with van der Waals surface area (Å²) in [6, 6.07) is -0.0915. The molecule has 1 atom stereocenters. The van der Waals surface area contributed by atoms with Gasteiger partial charge in [0.1, 0.15) is 9.84 Å². The van der Waals surface area contributed by atoms with E-state index in [1.807, 2.05) is 16.8 Å². The third kappa shape index (κ3) is 6.19. The van der Waals surface area contributed by atoms with Crippen LogP contribution in [0.1, 0.15) is 25.7 Å². The Labute approximate surface area is 122 Å². The van der Waals surface area contributed by atoms with Crippen LogP contribution in [0.4, 0.5) is 0 Å². The molecule has 0 saturated carbocycles. The summed E-state index contributed by atoms with van der Waals surface area (Å²) in [7, 11) is -1.16. The summed E-state index contributed by atoms with van der Waals surface area (Å²) < 4.78 is 22.4. The predicted molar refractivity (Wildman–Crippen MR) is 80.2 cm³/mol. The van der Waals surface area contributed by atoms with Crippen molar-refractivity contribution in [3.63, 3.8) is 0 Å². The largest absolute Gasteiger partial charge is 0.343 e. The molecule has 6 nitrogen and oxygen atoms in total. The Morgan fingerprint density at radius 1 is 1.30 bits per heavy atom. The fourth-order valence-corrected chi connectivity index (χ4v) is 3.01. The normalized spacial score (nSPS) is 18.3. The number of nitrogens with zero attached hydrogens (tertiary/aromatic N) is 2. The van der Waals surface area contributed by atoms with Crippen molar-refractivity contribution in [3.05, 3.63) is 0 Å². The van der Waals surface area contributed by atoms with Crippen LogP contribution in [0.3, 0.4) is 0 Å². The highest BCUT2D eigenvalue weighted by atomic mass is 32.2. The number of amides is 1. The summed E-state index contributed by atoms with van der Waals surface area (Å²) >= 11 is 0. The van der Waals surface area contributed by atoms with Crippen LogP contribution in [0.25, 0.3) is 0 Å². The lowest BCUT2D eigenvalue weighted by molar-refractivity contribution is -0.133. The van der Waals surface area contributed by atoms with E-state index < -0.39 is 9.84 Å². The lowest BCUT2D eigenvalue weighted by atomic mass is 10.1. The van der Waals surface area contributed by atoms with Crippen molar-refractivity contribution in [2.24, 2.45) is 5.73 Å². The fourth-order valence-electron chi connectivity index (χ4n) is 2.39. The molecule has 1 aliphatic heterocycles. The second-order valence-corrected chi connectivity index (χ2v) is 7.91. The summed E-state index contributed by atoms with van der Waals surface area (Å²) in [4.78, 5) is 16.0. The molecular weight excluding hydrogens is 278 g/mol. The molecule has 1 unspecified atom stereocenters. The van der Waals surface area contributed by atoms with Gasteiger partial charge in [-0.25, -0.2) is 8.42 Å². The van der Waals surface area contributed by atoms with E-state index in [2.05, 4.69) is 0 Å². The molecule has 1 saturated heterocycles. The molecule has 118 valence electrons. The van der Waals surface area contributed by atoms with Crippen LogP contribution in [-0.2, 0) is 14.6 Å².